The van der Waals surface area contributed by atoms with E-state index in [1.807, 2.05) is 23.0 Å². The minimum absolute atomic E-state index is 0.282. The summed E-state index contributed by atoms with van der Waals surface area (Å²) in [7, 11) is -0.504. The van der Waals surface area contributed by atoms with Crippen molar-refractivity contribution in [2.45, 2.75) is 6.92 Å². The van der Waals surface area contributed by atoms with Gasteiger partial charge < -0.3 is 0 Å². The van der Waals surface area contributed by atoms with E-state index in [4.69, 9.17) is 0 Å². The van der Waals surface area contributed by atoms with Gasteiger partial charge in [-0.05, 0) is 10.8 Å². The van der Waals surface area contributed by atoms with Crippen molar-refractivity contribution < 1.29 is 4.79 Å². The summed E-state index contributed by atoms with van der Waals surface area (Å²) in [4.78, 5) is 10.6. The zero-order valence-electron chi connectivity index (χ0n) is 4.66. The molecule has 0 saturated heterocycles. The smallest absolute Gasteiger partial charge is 0.173 e. The Morgan fingerprint density at radius 2 is 1.88 bits per heavy atom. The molecule has 0 aromatic heterocycles. The van der Waals surface area contributed by atoms with Gasteiger partial charge in [-0.15, -0.1) is 0 Å². The summed E-state index contributed by atoms with van der Waals surface area (Å²) in [6.45, 7) is 1.63. The van der Waals surface area contributed by atoms with E-state index in [-0.39, 0.29) is 5.12 Å². The third-order valence-electron chi connectivity index (χ3n) is 0.968. The minimum atomic E-state index is -0.504. The number of allylic oxidation sites excluding steroid dienone is 2. The van der Waals surface area contributed by atoms with Gasteiger partial charge in [-0.3, -0.25) is 4.79 Å². The van der Waals surface area contributed by atoms with Crippen molar-refractivity contribution in [3.63, 3.8) is 0 Å². The molecule has 0 radical (unpaired) electrons. The fraction of sp³-hybridized carbons (Fsp3) is 0.167. The number of carbonyl (C=O) groups excluding carboxylic acids is 1. The zero-order chi connectivity index (χ0) is 5.98. The molecule has 0 aliphatic carbocycles. The second-order valence-electron chi connectivity index (χ2n) is 1.61. The van der Waals surface area contributed by atoms with Crippen LogP contribution in [-0.2, 0) is 4.79 Å². The first-order valence-corrected chi connectivity index (χ1v) is 3.92. The lowest BCUT2D eigenvalue weighted by molar-refractivity contribution is -0.109. The molecule has 0 spiro atoms. The highest BCUT2D eigenvalue weighted by Gasteiger charge is 2.01. The molecule has 1 rings (SSSR count). The predicted molar refractivity (Wildman–Crippen MR) is 37.9 cm³/mol. The van der Waals surface area contributed by atoms with Gasteiger partial charge in [0.1, 0.15) is 0 Å². The van der Waals surface area contributed by atoms with Crippen molar-refractivity contribution in [3.05, 3.63) is 23.0 Å². The summed E-state index contributed by atoms with van der Waals surface area (Å²) in [5, 5.41) is 4.19. The van der Waals surface area contributed by atoms with Crippen LogP contribution in [0.1, 0.15) is 6.92 Å². The molecule has 44 valence electrons. The maximum Gasteiger partial charge on any atom is 0.173 e. The fourth-order valence-electron chi connectivity index (χ4n) is 0.544. The van der Waals surface area contributed by atoms with Crippen molar-refractivity contribution in [2.24, 2.45) is 0 Å². The van der Waals surface area contributed by atoms with Crippen molar-refractivity contribution in [3.8, 4) is 0 Å². The summed E-state index contributed by atoms with van der Waals surface area (Å²) >= 11 is 0. The average Bonchev–Trinajstić information content (AvgIpc) is 2.12. The van der Waals surface area contributed by atoms with Crippen molar-refractivity contribution in [1.29, 1.82) is 0 Å². The lowest BCUT2D eigenvalue weighted by atomic mass is 10.6. The molecule has 0 bridgehead atoms. The van der Waals surface area contributed by atoms with Gasteiger partial charge in [-0.1, -0.05) is 12.2 Å². The lowest BCUT2D eigenvalue weighted by Gasteiger charge is -2.00. The van der Waals surface area contributed by atoms with E-state index in [0.29, 0.717) is 0 Å². The van der Waals surface area contributed by atoms with Gasteiger partial charge in [0.25, 0.3) is 0 Å². The standard InChI is InChI=1S/C6H8OS/c1-6(7)8-4-2-3-5-8/h2-5,8H,1H3. The maximum absolute atomic E-state index is 10.6. The van der Waals surface area contributed by atoms with Crippen LogP contribution in [0.5, 0.6) is 0 Å². The molecule has 0 N–H and O–H groups in total. The van der Waals surface area contributed by atoms with Crippen LogP contribution in [0.15, 0.2) is 23.0 Å². The minimum Gasteiger partial charge on any atom is -0.289 e. The monoisotopic (exact) mass is 128 g/mol. The highest BCUT2D eigenvalue weighted by atomic mass is 32.2. The van der Waals surface area contributed by atoms with E-state index in [0.717, 1.165) is 0 Å². The molecule has 1 aliphatic heterocycles. The molecular weight excluding hydrogens is 120 g/mol. The summed E-state index contributed by atoms with van der Waals surface area (Å²) < 4.78 is 0. The highest BCUT2D eigenvalue weighted by Crippen LogP contribution is 2.32. The van der Waals surface area contributed by atoms with Crippen LogP contribution in [0.2, 0.25) is 0 Å². The lowest BCUT2D eigenvalue weighted by Crippen LogP contribution is -1.82. The normalized spacial score (nSPS) is 19.9. The van der Waals surface area contributed by atoms with Crippen LogP contribution >= 0.6 is 10.9 Å². The Kier molecular flexibility index (Phi) is 1.53. The molecule has 8 heavy (non-hydrogen) atoms. The first-order valence-electron chi connectivity index (χ1n) is 2.44. The molecule has 0 saturated carbocycles. The summed E-state index contributed by atoms with van der Waals surface area (Å²) in [6, 6.07) is 0. The summed E-state index contributed by atoms with van der Waals surface area (Å²) in [5.74, 6) is 0. The number of hydrogen-bond donors (Lipinski definition) is 1. The van der Waals surface area contributed by atoms with E-state index in [2.05, 4.69) is 0 Å². The number of hydrogen-bond acceptors (Lipinski definition) is 1. The summed E-state index contributed by atoms with van der Waals surface area (Å²) in [5.41, 5.74) is 0. The van der Waals surface area contributed by atoms with E-state index in [9.17, 15) is 4.79 Å². The first kappa shape index (κ1) is 5.63. The zero-order valence-corrected chi connectivity index (χ0v) is 5.56. The number of rotatable bonds is 0. The average molecular weight is 128 g/mol. The van der Waals surface area contributed by atoms with Crippen LogP contribution in [0.4, 0.5) is 0 Å². The molecule has 1 heterocycles. The molecule has 0 unspecified atom stereocenters. The molecule has 1 aliphatic rings. The van der Waals surface area contributed by atoms with Crippen LogP contribution in [0.3, 0.4) is 0 Å². The van der Waals surface area contributed by atoms with Crippen molar-refractivity contribution >= 4 is 16.0 Å². The van der Waals surface area contributed by atoms with Crippen molar-refractivity contribution in [2.75, 3.05) is 0 Å². The van der Waals surface area contributed by atoms with E-state index >= 15 is 0 Å². The molecular formula is C6H8OS. The molecule has 0 atom stereocenters. The Morgan fingerprint density at radius 3 is 2.12 bits per heavy atom. The fourth-order valence-corrected chi connectivity index (χ4v) is 1.63. The van der Waals surface area contributed by atoms with Gasteiger partial charge in [0.05, 0.1) is 0 Å². The number of carbonyl (C=O) groups is 1. The van der Waals surface area contributed by atoms with Gasteiger partial charge in [-0.25, -0.2) is 0 Å². The van der Waals surface area contributed by atoms with Gasteiger partial charge in [0.2, 0.25) is 0 Å². The Bertz CT molecular complexity index is 146. The molecule has 0 amide bonds. The molecule has 1 nitrogen and oxygen atoms in total. The van der Waals surface area contributed by atoms with E-state index in [1.165, 1.54) is 0 Å². The maximum atomic E-state index is 10.6. The second kappa shape index (κ2) is 2.18. The molecule has 0 fully saturated rings. The van der Waals surface area contributed by atoms with E-state index < -0.39 is 10.9 Å². The second-order valence-corrected chi connectivity index (χ2v) is 3.65. The molecule has 0 aromatic rings. The Labute approximate surface area is 51.4 Å². The van der Waals surface area contributed by atoms with Gasteiger partial charge in [0.15, 0.2) is 5.12 Å². The van der Waals surface area contributed by atoms with Crippen LogP contribution in [-0.4, -0.2) is 5.12 Å². The largest absolute Gasteiger partial charge is 0.289 e. The van der Waals surface area contributed by atoms with Gasteiger partial charge in [0, 0.05) is 6.92 Å². The third kappa shape index (κ3) is 1.01. The Morgan fingerprint density at radius 1 is 1.38 bits per heavy atom. The first-order chi connectivity index (χ1) is 3.80. The van der Waals surface area contributed by atoms with E-state index in [1.54, 1.807) is 6.92 Å². The quantitative estimate of drug-likeness (QED) is 0.490. The third-order valence-corrected chi connectivity index (χ3v) is 2.68. The molecule has 0 aromatic carbocycles. The summed E-state index contributed by atoms with van der Waals surface area (Å²) in [6.07, 6.45) is 3.85. The van der Waals surface area contributed by atoms with Gasteiger partial charge >= 0.3 is 0 Å². The molecule has 2 heteroatoms. The Balaban J connectivity index is 2.62. The highest BCUT2D eigenvalue weighted by molar-refractivity contribution is 8.34. The van der Waals surface area contributed by atoms with Crippen LogP contribution in [0.25, 0.3) is 0 Å². The Hall–Kier alpha value is -0.500. The predicted octanol–water partition coefficient (Wildman–Crippen LogP) is 1.58. The van der Waals surface area contributed by atoms with Crippen molar-refractivity contribution in [1.82, 2.24) is 0 Å². The van der Waals surface area contributed by atoms with Gasteiger partial charge in [-0.2, -0.15) is 10.9 Å². The SMILES string of the molecule is CC(=O)[SH]1C=CC=C1. The van der Waals surface area contributed by atoms with Crippen LogP contribution < -0.4 is 0 Å². The number of thiol groups is 1. The van der Waals surface area contributed by atoms with Crippen LogP contribution in [0, 0.1) is 0 Å². The topological polar surface area (TPSA) is 17.1 Å².